The summed E-state index contributed by atoms with van der Waals surface area (Å²) in [5, 5.41) is 54.8. The van der Waals surface area contributed by atoms with Gasteiger partial charge in [0, 0.05) is 29.5 Å². The zero-order valence-corrected chi connectivity index (χ0v) is 26.8. The van der Waals surface area contributed by atoms with Crippen LogP contribution >= 0.6 is 0 Å². The average Bonchev–Trinajstić information content (AvgIpc) is 3.04. The standard InChI is InChI=1S/C33H41N3O12/c1-33(2,3)34(31(39)23-11-7-21(8-12-23)18-46-35(41)42)17-26(48-32(40)24-13-9-22(10-14-24)19-47-36(43)44)20-45-30-6-4-5-25-15-28(37)29(38)16-27(25)30/h4-14,26,28-29,37-38,41-44H,15-20H2,1-3H3/t26?,28-,29+/m0/s1. The molecule has 15 heteroatoms. The summed E-state index contributed by atoms with van der Waals surface area (Å²) in [4.78, 5) is 38.0. The third-order valence-electron chi connectivity index (χ3n) is 7.74. The SMILES string of the molecule is CC(C)(C)N(CC(COc1cccc2c1C[C@@H](O)[C@@H](O)C2)OC(=O)c1ccc(CON(O)O)cc1)C(=O)c1ccc(CON(O)O)cc1. The number of aliphatic hydroxyl groups is 2. The maximum absolute atomic E-state index is 13.9. The number of carbonyl (C=O) groups is 2. The van der Waals surface area contributed by atoms with Crippen LogP contribution in [0.5, 0.6) is 5.75 Å². The molecular formula is C33H41N3O12. The van der Waals surface area contributed by atoms with Gasteiger partial charge in [-0.3, -0.25) is 25.6 Å². The Labute approximate surface area is 277 Å². The number of hydrogen-bond acceptors (Lipinski definition) is 14. The molecule has 3 aromatic carbocycles. The first-order valence-electron chi connectivity index (χ1n) is 15.1. The van der Waals surface area contributed by atoms with E-state index in [2.05, 4.69) is 9.68 Å². The second-order valence-corrected chi connectivity index (χ2v) is 12.3. The van der Waals surface area contributed by atoms with Crippen molar-refractivity contribution in [2.75, 3.05) is 13.2 Å². The number of nitrogens with zero attached hydrogens (tertiary/aromatic N) is 3. The van der Waals surface area contributed by atoms with Gasteiger partial charge >= 0.3 is 5.97 Å². The molecule has 0 aromatic heterocycles. The monoisotopic (exact) mass is 671 g/mol. The number of ether oxygens (including phenoxy) is 2. The normalized spacial score (nSPS) is 16.8. The highest BCUT2D eigenvalue weighted by atomic mass is 17.1. The molecule has 1 aliphatic rings. The lowest BCUT2D eigenvalue weighted by Gasteiger charge is -2.38. The molecule has 0 spiro atoms. The van der Waals surface area contributed by atoms with Crippen LogP contribution in [0.25, 0.3) is 0 Å². The number of hydrogen-bond donors (Lipinski definition) is 6. The summed E-state index contributed by atoms with van der Waals surface area (Å²) in [7, 11) is 0. The van der Waals surface area contributed by atoms with E-state index in [-0.39, 0.29) is 50.7 Å². The van der Waals surface area contributed by atoms with Crippen LogP contribution in [-0.4, -0.2) is 95.6 Å². The summed E-state index contributed by atoms with van der Waals surface area (Å²) in [6.07, 6.45) is -2.38. The maximum Gasteiger partial charge on any atom is 0.338 e. The molecule has 3 aromatic rings. The first-order valence-corrected chi connectivity index (χ1v) is 15.1. The highest BCUT2D eigenvalue weighted by molar-refractivity contribution is 5.95. The molecule has 15 nitrogen and oxygen atoms in total. The van der Waals surface area contributed by atoms with E-state index in [1.807, 2.05) is 26.8 Å². The predicted octanol–water partition coefficient (Wildman–Crippen LogP) is 3.08. The quantitative estimate of drug-likeness (QED) is 0.108. The van der Waals surface area contributed by atoms with E-state index in [1.54, 1.807) is 53.4 Å². The van der Waals surface area contributed by atoms with Crippen molar-refractivity contribution in [1.82, 2.24) is 15.7 Å². The average molecular weight is 672 g/mol. The number of amides is 1. The zero-order valence-electron chi connectivity index (χ0n) is 26.8. The molecule has 0 bridgehead atoms. The molecular weight excluding hydrogens is 630 g/mol. The number of carbonyl (C=O) groups excluding carboxylic acids is 2. The van der Waals surface area contributed by atoms with Crippen molar-refractivity contribution in [2.24, 2.45) is 0 Å². The molecule has 0 saturated carbocycles. The van der Waals surface area contributed by atoms with Gasteiger partial charge in [-0.25, -0.2) is 14.5 Å². The summed E-state index contributed by atoms with van der Waals surface area (Å²) < 4.78 is 12.1. The van der Waals surface area contributed by atoms with Gasteiger partial charge in [-0.1, -0.05) is 36.4 Å². The fourth-order valence-corrected chi connectivity index (χ4v) is 5.17. The van der Waals surface area contributed by atoms with Gasteiger partial charge in [0.05, 0.1) is 48.3 Å². The highest BCUT2D eigenvalue weighted by Crippen LogP contribution is 2.30. The van der Waals surface area contributed by atoms with Crippen molar-refractivity contribution in [1.29, 1.82) is 0 Å². The van der Waals surface area contributed by atoms with Gasteiger partial charge in [0.2, 0.25) is 0 Å². The minimum atomic E-state index is -0.969. The predicted molar refractivity (Wildman–Crippen MR) is 165 cm³/mol. The van der Waals surface area contributed by atoms with Crippen LogP contribution in [0.2, 0.25) is 0 Å². The number of esters is 1. The third-order valence-corrected chi connectivity index (χ3v) is 7.74. The summed E-state index contributed by atoms with van der Waals surface area (Å²) >= 11 is 0. The van der Waals surface area contributed by atoms with Crippen LogP contribution in [0.1, 0.15) is 63.7 Å². The molecule has 0 heterocycles. The number of rotatable bonds is 14. The van der Waals surface area contributed by atoms with E-state index >= 15 is 0 Å². The molecule has 1 aliphatic carbocycles. The fourth-order valence-electron chi connectivity index (χ4n) is 5.17. The van der Waals surface area contributed by atoms with Crippen LogP contribution in [0.15, 0.2) is 66.7 Å². The van der Waals surface area contributed by atoms with Crippen LogP contribution in [0.4, 0.5) is 0 Å². The number of aliphatic hydroxyl groups excluding tert-OH is 2. The van der Waals surface area contributed by atoms with Gasteiger partial charge in [-0.2, -0.15) is 0 Å². The van der Waals surface area contributed by atoms with Crippen LogP contribution in [-0.2, 0) is 40.5 Å². The maximum atomic E-state index is 13.9. The van der Waals surface area contributed by atoms with Crippen molar-refractivity contribution in [3.8, 4) is 5.75 Å². The minimum Gasteiger partial charge on any atom is -0.489 e. The van der Waals surface area contributed by atoms with Crippen molar-refractivity contribution >= 4 is 11.9 Å². The fraction of sp³-hybridized carbons (Fsp3) is 0.394. The third kappa shape index (κ3) is 10.2. The van der Waals surface area contributed by atoms with E-state index in [4.69, 9.17) is 30.3 Å². The van der Waals surface area contributed by atoms with Gasteiger partial charge in [0.25, 0.3) is 5.91 Å². The Morgan fingerprint density at radius 1 is 0.792 bits per heavy atom. The van der Waals surface area contributed by atoms with Gasteiger partial charge < -0.3 is 24.6 Å². The Hall–Kier alpha value is -4.00. The Morgan fingerprint density at radius 3 is 1.88 bits per heavy atom. The number of benzene rings is 3. The van der Waals surface area contributed by atoms with Gasteiger partial charge in [0.15, 0.2) is 6.10 Å². The van der Waals surface area contributed by atoms with E-state index in [1.165, 1.54) is 12.1 Å². The van der Waals surface area contributed by atoms with Gasteiger partial charge in [-0.15, -0.1) is 0 Å². The molecule has 0 fully saturated rings. The smallest absolute Gasteiger partial charge is 0.338 e. The van der Waals surface area contributed by atoms with Crippen LogP contribution < -0.4 is 4.74 Å². The Kier molecular flexibility index (Phi) is 12.6. The van der Waals surface area contributed by atoms with Crippen molar-refractivity contribution in [2.45, 2.75) is 70.7 Å². The summed E-state index contributed by atoms with van der Waals surface area (Å²) in [6.45, 7) is 5.00. The lowest BCUT2D eigenvalue weighted by molar-refractivity contribution is -0.497. The lowest BCUT2D eigenvalue weighted by atomic mass is 9.87. The van der Waals surface area contributed by atoms with E-state index < -0.39 is 40.6 Å². The topological polar surface area (TPSA) is 202 Å². The largest absolute Gasteiger partial charge is 0.489 e. The summed E-state index contributed by atoms with van der Waals surface area (Å²) in [6, 6.07) is 17.8. The van der Waals surface area contributed by atoms with Crippen LogP contribution in [0.3, 0.4) is 0 Å². The molecule has 1 amide bonds. The van der Waals surface area contributed by atoms with E-state index in [0.717, 1.165) is 11.1 Å². The Balaban J connectivity index is 1.57. The molecule has 0 aliphatic heterocycles. The van der Waals surface area contributed by atoms with Crippen molar-refractivity contribution < 1.29 is 59.8 Å². The van der Waals surface area contributed by atoms with E-state index in [9.17, 15) is 19.8 Å². The first-order chi connectivity index (χ1) is 22.7. The van der Waals surface area contributed by atoms with Crippen LogP contribution in [0, 0.1) is 0 Å². The summed E-state index contributed by atoms with van der Waals surface area (Å²) in [5.41, 5.74) is 2.48. The molecule has 0 saturated heterocycles. The second-order valence-electron chi connectivity index (χ2n) is 12.3. The number of fused-ring (bicyclic) bond motifs is 1. The van der Waals surface area contributed by atoms with Gasteiger partial charge in [-0.05, 0) is 67.8 Å². The first kappa shape index (κ1) is 36.8. The molecule has 3 atom stereocenters. The summed E-state index contributed by atoms with van der Waals surface area (Å²) in [5.74, 6) is -0.591. The Morgan fingerprint density at radius 2 is 1.33 bits per heavy atom. The van der Waals surface area contributed by atoms with Gasteiger partial charge in [0.1, 0.15) is 12.4 Å². The lowest BCUT2D eigenvalue weighted by Crippen LogP contribution is -2.51. The molecule has 4 rings (SSSR count). The molecule has 1 unspecified atom stereocenters. The molecule has 260 valence electrons. The van der Waals surface area contributed by atoms with Crippen molar-refractivity contribution in [3.05, 3.63) is 100 Å². The minimum absolute atomic E-state index is 0.0615. The second kappa shape index (κ2) is 16.4. The zero-order chi connectivity index (χ0) is 35.0. The molecule has 6 N–H and O–H groups in total. The highest BCUT2D eigenvalue weighted by Gasteiger charge is 2.33. The van der Waals surface area contributed by atoms with E-state index in [0.29, 0.717) is 22.4 Å². The molecule has 48 heavy (non-hydrogen) atoms. The van der Waals surface area contributed by atoms with Crippen molar-refractivity contribution in [3.63, 3.8) is 0 Å². The molecule has 0 radical (unpaired) electrons. The Bertz CT molecular complexity index is 1510.